The fourth-order valence-corrected chi connectivity index (χ4v) is 3.24. The van der Waals surface area contributed by atoms with Crippen LogP contribution in [-0.2, 0) is 22.4 Å². The maximum atomic E-state index is 12.4. The molecule has 5 nitrogen and oxygen atoms in total. The van der Waals surface area contributed by atoms with Crippen molar-refractivity contribution in [2.45, 2.75) is 33.1 Å². The van der Waals surface area contributed by atoms with Crippen molar-refractivity contribution in [1.82, 2.24) is 0 Å². The maximum Gasteiger partial charge on any atom is 0.228 e. The summed E-state index contributed by atoms with van der Waals surface area (Å²) in [6.45, 7) is 4.86. The number of amides is 2. The highest BCUT2D eigenvalue weighted by Gasteiger charge is 2.20. The number of benzene rings is 2. The second kappa shape index (κ2) is 8.04. The minimum absolute atomic E-state index is 0.0313. The molecule has 1 N–H and O–H groups in total. The number of hydrogen-bond donors (Lipinski definition) is 1. The van der Waals surface area contributed by atoms with Gasteiger partial charge in [0.2, 0.25) is 11.8 Å². The lowest BCUT2D eigenvalue weighted by molar-refractivity contribution is -0.117. The van der Waals surface area contributed by atoms with E-state index >= 15 is 0 Å². The molecule has 5 heteroatoms. The van der Waals surface area contributed by atoms with E-state index in [9.17, 15) is 9.59 Å². The van der Waals surface area contributed by atoms with Gasteiger partial charge in [-0.3, -0.25) is 9.59 Å². The van der Waals surface area contributed by atoms with Gasteiger partial charge < -0.3 is 15.0 Å². The molecule has 1 heterocycles. The Labute approximate surface area is 154 Å². The van der Waals surface area contributed by atoms with Crippen LogP contribution in [0.15, 0.2) is 42.5 Å². The Morgan fingerprint density at radius 3 is 2.62 bits per heavy atom. The topological polar surface area (TPSA) is 58.6 Å². The second-order valence-electron chi connectivity index (χ2n) is 6.42. The molecule has 2 amide bonds. The van der Waals surface area contributed by atoms with Gasteiger partial charge in [0.15, 0.2) is 0 Å². The van der Waals surface area contributed by atoms with Gasteiger partial charge in [0.05, 0.1) is 13.0 Å². The van der Waals surface area contributed by atoms with E-state index in [-0.39, 0.29) is 11.8 Å². The van der Waals surface area contributed by atoms with E-state index < -0.39 is 0 Å². The third-order valence-electron chi connectivity index (χ3n) is 4.47. The number of carbonyl (C=O) groups is 2. The SMILES string of the molecule is CCOc1ccc(CC(=O)Nc2ccc3c(c2)N(C(C)=O)CCC3)cc1. The smallest absolute Gasteiger partial charge is 0.228 e. The number of carbonyl (C=O) groups excluding carboxylic acids is 2. The van der Waals surface area contributed by atoms with Crippen molar-refractivity contribution in [2.24, 2.45) is 0 Å². The monoisotopic (exact) mass is 352 g/mol. The van der Waals surface area contributed by atoms with Gasteiger partial charge in [-0.2, -0.15) is 0 Å². The minimum atomic E-state index is -0.0840. The van der Waals surface area contributed by atoms with Crippen LogP contribution in [-0.4, -0.2) is 25.0 Å². The number of rotatable bonds is 5. The van der Waals surface area contributed by atoms with Crippen molar-refractivity contribution in [3.63, 3.8) is 0 Å². The lowest BCUT2D eigenvalue weighted by Gasteiger charge is -2.29. The molecule has 0 radical (unpaired) electrons. The van der Waals surface area contributed by atoms with Crippen LogP contribution < -0.4 is 15.0 Å². The molecule has 3 rings (SSSR count). The van der Waals surface area contributed by atoms with E-state index in [0.717, 1.165) is 42.0 Å². The van der Waals surface area contributed by atoms with Gasteiger partial charge in [-0.05, 0) is 55.2 Å². The summed E-state index contributed by atoms with van der Waals surface area (Å²) < 4.78 is 5.41. The number of nitrogens with zero attached hydrogens (tertiary/aromatic N) is 1. The Hall–Kier alpha value is -2.82. The average Bonchev–Trinajstić information content (AvgIpc) is 2.63. The van der Waals surface area contributed by atoms with Crippen molar-refractivity contribution in [2.75, 3.05) is 23.4 Å². The van der Waals surface area contributed by atoms with Crippen LogP contribution in [0.3, 0.4) is 0 Å². The van der Waals surface area contributed by atoms with Gasteiger partial charge >= 0.3 is 0 Å². The lowest BCUT2D eigenvalue weighted by Crippen LogP contribution is -2.33. The van der Waals surface area contributed by atoms with E-state index in [2.05, 4.69) is 5.32 Å². The summed E-state index contributed by atoms with van der Waals surface area (Å²) in [5.41, 5.74) is 3.70. The summed E-state index contributed by atoms with van der Waals surface area (Å²) in [5.74, 6) is 0.749. The number of hydrogen-bond acceptors (Lipinski definition) is 3. The molecule has 0 unspecified atom stereocenters. The third-order valence-corrected chi connectivity index (χ3v) is 4.47. The predicted octanol–water partition coefficient (Wildman–Crippen LogP) is 3.57. The Morgan fingerprint density at radius 1 is 1.15 bits per heavy atom. The van der Waals surface area contributed by atoms with Crippen molar-refractivity contribution >= 4 is 23.2 Å². The number of nitrogens with one attached hydrogen (secondary N) is 1. The molecule has 0 atom stereocenters. The molecule has 1 aliphatic heterocycles. The Morgan fingerprint density at radius 2 is 1.92 bits per heavy atom. The molecule has 2 aromatic carbocycles. The van der Waals surface area contributed by atoms with Gasteiger partial charge in [-0.1, -0.05) is 18.2 Å². The molecule has 0 fully saturated rings. The van der Waals surface area contributed by atoms with Crippen LogP contribution >= 0.6 is 0 Å². The van der Waals surface area contributed by atoms with Crippen molar-refractivity contribution in [1.29, 1.82) is 0 Å². The number of ether oxygens (including phenoxy) is 1. The molecule has 0 aliphatic carbocycles. The van der Waals surface area contributed by atoms with Gasteiger partial charge in [0, 0.05) is 24.8 Å². The predicted molar refractivity (Wildman–Crippen MR) is 103 cm³/mol. The number of anilines is 2. The highest BCUT2D eigenvalue weighted by molar-refractivity contribution is 5.96. The highest BCUT2D eigenvalue weighted by Crippen LogP contribution is 2.30. The molecule has 0 bridgehead atoms. The summed E-state index contributed by atoms with van der Waals surface area (Å²) >= 11 is 0. The zero-order valence-electron chi connectivity index (χ0n) is 15.2. The summed E-state index contributed by atoms with van der Waals surface area (Å²) in [5, 5.41) is 2.93. The molecule has 0 spiro atoms. The Kier molecular flexibility index (Phi) is 5.56. The largest absolute Gasteiger partial charge is 0.494 e. The van der Waals surface area contributed by atoms with Gasteiger partial charge in [0.1, 0.15) is 5.75 Å². The van der Waals surface area contributed by atoms with Gasteiger partial charge in [0.25, 0.3) is 0 Å². The van der Waals surface area contributed by atoms with Crippen molar-refractivity contribution < 1.29 is 14.3 Å². The maximum absolute atomic E-state index is 12.4. The first-order valence-corrected chi connectivity index (χ1v) is 8.99. The number of fused-ring (bicyclic) bond motifs is 1. The van der Waals surface area contributed by atoms with E-state index in [0.29, 0.717) is 18.7 Å². The second-order valence-corrected chi connectivity index (χ2v) is 6.42. The Balaban J connectivity index is 1.67. The lowest BCUT2D eigenvalue weighted by atomic mass is 10.0. The van der Waals surface area contributed by atoms with Gasteiger partial charge in [-0.15, -0.1) is 0 Å². The first kappa shape index (κ1) is 18.0. The standard InChI is InChI=1S/C21H24N2O3/c1-3-26-19-10-6-16(7-11-19)13-21(25)22-18-9-8-17-5-4-12-23(15(2)24)20(17)14-18/h6-11,14H,3-5,12-13H2,1-2H3,(H,22,25). The van der Waals surface area contributed by atoms with Gasteiger partial charge in [-0.25, -0.2) is 0 Å². The quantitative estimate of drug-likeness (QED) is 0.895. The summed E-state index contributed by atoms with van der Waals surface area (Å²) in [4.78, 5) is 26.0. The van der Waals surface area contributed by atoms with E-state index in [4.69, 9.17) is 4.74 Å². The molecular formula is C21H24N2O3. The first-order valence-electron chi connectivity index (χ1n) is 8.99. The number of aryl methyl sites for hydroxylation is 1. The molecule has 1 aliphatic rings. The highest BCUT2D eigenvalue weighted by atomic mass is 16.5. The molecule has 0 aromatic heterocycles. The molecule has 136 valence electrons. The molecule has 2 aromatic rings. The average molecular weight is 352 g/mol. The van der Waals surface area contributed by atoms with Crippen LogP contribution in [0.2, 0.25) is 0 Å². The molecule has 26 heavy (non-hydrogen) atoms. The van der Waals surface area contributed by atoms with Crippen LogP contribution in [0.5, 0.6) is 5.75 Å². The fourth-order valence-electron chi connectivity index (χ4n) is 3.24. The molecule has 0 saturated heterocycles. The fraction of sp³-hybridized carbons (Fsp3) is 0.333. The van der Waals surface area contributed by atoms with Crippen LogP contribution in [0.1, 0.15) is 31.4 Å². The molecule has 0 saturated carbocycles. The normalized spacial score (nSPS) is 13.1. The summed E-state index contributed by atoms with van der Waals surface area (Å²) in [7, 11) is 0. The van der Waals surface area contributed by atoms with E-state index in [1.165, 1.54) is 0 Å². The zero-order chi connectivity index (χ0) is 18.5. The summed E-state index contributed by atoms with van der Waals surface area (Å²) in [6, 6.07) is 13.3. The van der Waals surface area contributed by atoms with E-state index in [1.807, 2.05) is 49.4 Å². The van der Waals surface area contributed by atoms with Crippen LogP contribution in [0.4, 0.5) is 11.4 Å². The minimum Gasteiger partial charge on any atom is -0.494 e. The van der Waals surface area contributed by atoms with Crippen molar-refractivity contribution in [3.8, 4) is 5.75 Å². The summed E-state index contributed by atoms with van der Waals surface area (Å²) in [6.07, 6.45) is 2.22. The van der Waals surface area contributed by atoms with Crippen molar-refractivity contribution in [3.05, 3.63) is 53.6 Å². The van der Waals surface area contributed by atoms with E-state index in [1.54, 1.807) is 11.8 Å². The third kappa shape index (κ3) is 4.23. The molecular weight excluding hydrogens is 328 g/mol. The van der Waals surface area contributed by atoms with Crippen LogP contribution in [0, 0.1) is 0 Å². The zero-order valence-corrected chi connectivity index (χ0v) is 15.2. The van der Waals surface area contributed by atoms with Crippen LogP contribution in [0.25, 0.3) is 0 Å². The first-order chi connectivity index (χ1) is 12.6. The Bertz CT molecular complexity index is 799.